The van der Waals surface area contributed by atoms with Crippen LogP contribution in [0.1, 0.15) is 16.1 Å². The third kappa shape index (κ3) is 3.08. The number of hydrogen-bond donors (Lipinski definition) is 1. The molecule has 0 spiro atoms. The zero-order valence-electron chi connectivity index (χ0n) is 11.8. The van der Waals surface area contributed by atoms with Gasteiger partial charge in [0, 0.05) is 5.56 Å². The smallest absolute Gasteiger partial charge is 0.400 e. The fourth-order valence-corrected chi connectivity index (χ4v) is 2.15. The minimum atomic E-state index is -0.647. The first kappa shape index (κ1) is 14.5. The highest BCUT2D eigenvalue weighted by Crippen LogP contribution is 2.18. The van der Waals surface area contributed by atoms with Gasteiger partial charge in [-0.1, -0.05) is 36.4 Å². The lowest BCUT2D eigenvalue weighted by Gasteiger charge is -2.04. The van der Waals surface area contributed by atoms with Crippen LogP contribution in [0.15, 0.2) is 64.1 Å². The van der Waals surface area contributed by atoms with Crippen molar-refractivity contribution in [1.82, 2.24) is 5.43 Å². The molecule has 0 bridgehead atoms. The SMILES string of the molecule is O=C(N/N=C/c1ccc([N+](=O)[O-])o1)c1cccc2ccccc12. The molecule has 0 saturated heterocycles. The molecule has 23 heavy (non-hydrogen) atoms. The largest absolute Gasteiger partial charge is 0.433 e. The Balaban J connectivity index is 1.75. The number of benzene rings is 2. The Morgan fingerprint density at radius 2 is 1.91 bits per heavy atom. The van der Waals surface area contributed by atoms with Crippen LogP contribution in [0, 0.1) is 10.1 Å². The van der Waals surface area contributed by atoms with E-state index in [2.05, 4.69) is 10.5 Å². The van der Waals surface area contributed by atoms with Crippen molar-refractivity contribution in [3.05, 3.63) is 76.0 Å². The van der Waals surface area contributed by atoms with Gasteiger partial charge in [-0.2, -0.15) is 5.10 Å². The Kier molecular flexibility index (Phi) is 3.84. The van der Waals surface area contributed by atoms with Gasteiger partial charge in [0.1, 0.15) is 4.92 Å². The van der Waals surface area contributed by atoms with Gasteiger partial charge in [-0.15, -0.1) is 0 Å². The van der Waals surface area contributed by atoms with Crippen LogP contribution in [0.3, 0.4) is 0 Å². The fraction of sp³-hybridized carbons (Fsp3) is 0. The third-order valence-electron chi connectivity index (χ3n) is 3.18. The summed E-state index contributed by atoms with van der Waals surface area (Å²) in [4.78, 5) is 22.1. The fourth-order valence-electron chi connectivity index (χ4n) is 2.15. The standard InChI is InChI=1S/C16H11N3O4/c20-16(14-7-3-5-11-4-1-2-6-13(11)14)18-17-10-12-8-9-15(23-12)19(21)22/h1-10H,(H,18,20)/b17-10+. The monoisotopic (exact) mass is 309 g/mol. The summed E-state index contributed by atoms with van der Waals surface area (Å²) in [7, 11) is 0. The van der Waals surface area contributed by atoms with Crippen molar-refractivity contribution in [2.45, 2.75) is 0 Å². The topological polar surface area (TPSA) is 97.7 Å². The first-order chi connectivity index (χ1) is 11.1. The van der Waals surface area contributed by atoms with Gasteiger partial charge < -0.3 is 4.42 Å². The van der Waals surface area contributed by atoms with Crippen molar-refractivity contribution in [3.63, 3.8) is 0 Å². The van der Waals surface area contributed by atoms with Crippen LogP contribution in [0.4, 0.5) is 5.88 Å². The van der Waals surface area contributed by atoms with Crippen molar-refractivity contribution < 1.29 is 14.1 Å². The molecule has 0 radical (unpaired) electrons. The molecular weight excluding hydrogens is 298 g/mol. The molecule has 1 amide bonds. The van der Waals surface area contributed by atoms with Gasteiger partial charge in [-0.25, -0.2) is 5.43 Å². The second-order valence-electron chi connectivity index (χ2n) is 4.66. The number of hydrazone groups is 1. The minimum absolute atomic E-state index is 0.176. The van der Waals surface area contributed by atoms with Crippen LogP contribution >= 0.6 is 0 Å². The maximum Gasteiger partial charge on any atom is 0.433 e. The maximum atomic E-state index is 12.2. The van der Waals surface area contributed by atoms with Gasteiger partial charge in [0.15, 0.2) is 5.76 Å². The van der Waals surface area contributed by atoms with Crippen LogP contribution in [0.5, 0.6) is 0 Å². The quantitative estimate of drug-likeness (QED) is 0.455. The molecule has 0 aliphatic rings. The van der Waals surface area contributed by atoms with E-state index < -0.39 is 4.92 Å². The molecule has 0 aliphatic heterocycles. The molecule has 0 atom stereocenters. The first-order valence-electron chi connectivity index (χ1n) is 6.70. The van der Waals surface area contributed by atoms with Gasteiger partial charge in [0.05, 0.1) is 12.3 Å². The van der Waals surface area contributed by atoms with E-state index in [0.29, 0.717) is 5.56 Å². The molecule has 3 aromatic rings. The molecule has 7 nitrogen and oxygen atoms in total. The summed E-state index contributed by atoms with van der Waals surface area (Å²) in [6, 6.07) is 15.5. The average Bonchev–Trinajstić information content (AvgIpc) is 3.03. The molecular formula is C16H11N3O4. The van der Waals surface area contributed by atoms with Crippen molar-refractivity contribution in [3.8, 4) is 0 Å². The Morgan fingerprint density at radius 3 is 2.70 bits per heavy atom. The molecule has 2 aromatic carbocycles. The molecule has 0 aliphatic carbocycles. The number of fused-ring (bicyclic) bond motifs is 1. The van der Waals surface area contributed by atoms with E-state index in [9.17, 15) is 14.9 Å². The molecule has 1 heterocycles. The van der Waals surface area contributed by atoms with Crippen molar-refractivity contribution >= 4 is 28.8 Å². The van der Waals surface area contributed by atoms with E-state index >= 15 is 0 Å². The lowest BCUT2D eigenvalue weighted by molar-refractivity contribution is -0.402. The van der Waals surface area contributed by atoms with Crippen molar-refractivity contribution in [1.29, 1.82) is 0 Å². The molecule has 1 N–H and O–H groups in total. The minimum Gasteiger partial charge on any atom is -0.400 e. The number of nitro groups is 1. The molecule has 1 aromatic heterocycles. The van der Waals surface area contributed by atoms with E-state index in [1.807, 2.05) is 30.3 Å². The predicted octanol–water partition coefficient (Wildman–Crippen LogP) is 3.10. The summed E-state index contributed by atoms with van der Waals surface area (Å²) in [5.41, 5.74) is 2.87. The van der Waals surface area contributed by atoms with E-state index in [1.165, 1.54) is 18.3 Å². The summed E-state index contributed by atoms with van der Waals surface area (Å²) >= 11 is 0. The van der Waals surface area contributed by atoms with Crippen LogP contribution in [0.25, 0.3) is 10.8 Å². The number of amides is 1. The summed E-state index contributed by atoms with van der Waals surface area (Å²) in [6.07, 6.45) is 1.20. The Bertz CT molecular complexity index is 909. The second kappa shape index (κ2) is 6.10. The summed E-state index contributed by atoms with van der Waals surface area (Å²) in [6.45, 7) is 0. The Labute approximate surface area is 130 Å². The molecule has 3 rings (SSSR count). The number of carbonyl (C=O) groups excluding carboxylic acids is 1. The normalized spacial score (nSPS) is 11.0. The first-order valence-corrected chi connectivity index (χ1v) is 6.70. The van der Waals surface area contributed by atoms with E-state index in [1.54, 1.807) is 12.1 Å². The molecule has 114 valence electrons. The number of furan rings is 1. The van der Waals surface area contributed by atoms with Crippen molar-refractivity contribution in [2.75, 3.05) is 0 Å². The summed E-state index contributed by atoms with van der Waals surface area (Å²) < 4.78 is 4.90. The van der Waals surface area contributed by atoms with Gasteiger partial charge in [-0.05, 0) is 22.9 Å². The number of hydrogen-bond acceptors (Lipinski definition) is 5. The number of carbonyl (C=O) groups is 1. The average molecular weight is 309 g/mol. The van der Waals surface area contributed by atoms with E-state index in [-0.39, 0.29) is 17.6 Å². The van der Waals surface area contributed by atoms with E-state index in [4.69, 9.17) is 4.42 Å². The van der Waals surface area contributed by atoms with Gasteiger partial charge in [0.25, 0.3) is 5.91 Å². The van der Waals surface area contributed by atoms with Gasteiger partial charge >= 0.3 is 5.88 Å². The molecule has 0 fully saturated rings. The second-order valence-corrected chi connectivity index (χ2v) is 4.66. The highest BCUT2D eigenvalue weighted by molar-refractivity contribution is 6.07. The summed E-state index contributed by atoms with van der Waals surface area (Å²) in [5, 5.41) is 16.0. The highest BCUT2D eigenvalue weighted by Gasteiger charge is 2.11. The van der Waals surface area contributed by atoms with Gasteiger partial charge in [-0.3, -0.25) is 14.9 Å². The van der Waals surface area contributed by atoms with Crippen LogP contribution in [-0.2, 0) is 0 Å². The highest BCUT2D eigenvalue weighted by atomic mass is 16.6. The Morgan fingerprint density at radius 1 is 1.13 bits per heavy atom. The van der Waals surface area contributed by atoms with Crippen molar-refractivity contribution in [2.24, 2.45) is 5.10 Å². The van der Waals surface area contributed by atoms with E-state index in [0.717, 1.165) is 10.8 Å². The number of nitrogens with one attached hydrogen (secondary N) is 1. The van der Waals surface area contributed by atoms with Crippen LogP contribution in [-0.4, -0.2) is 17.0 Å². The predicted molar refractivity (Wildman–Crippen MR) is 84.4 cm³/mol. The lowest BCUT2D eigenvalue weighted by atomic mass is 10.0. The zero-order valence-corrected chi connectivity index (χ0v) is 11.8. The lowest BCUT2D eigenvalue weighted by Crippen LogP contribution is -2.17. The van der Waals surface area contributed by atoms with Crippen LogP contribution in [0.2, 0.25) is 0 Å². The van der Waals surface area contributed by atoms with Gasteiger partial charge in [0.2, 0.25) is 0 Å². The number of nitrogens with zero attached hydrogens (tertiary/aromatic N) is 2. The van der Waals surface area contributed by atoms with Crippen LogP contribution < -0.4 is 5.43 Å². The molecule has 7 heteroatoms. The third-order valence-corrected chi connectivity index (χ3v) is 3.18. The Hall–Kier alpha value is -3.48. The maximum absolute atomic E-state index is 12.2. The molecule has 0 unspecified atom stereocenters. The summed E-state index contributed by atoms with van der Waals surface area (Å²) in [5.74, 6) is -0.583. The number of rotatable bonds is 4. The zero-order chi connectivity index (χ0) is 16.2. The molecule has 0 saturated carbocycles.